The number of Topliss-reactive ketones (excluding diaryl/α,β-unsaturated/α-hetero) is 1. The molecule has 2 atom stereocenters. The van der Waals surface area contributed by atoms with Gasteiger partial charge in [0.25, 0.3) is 0 Å². The second-order valence-corrected chi connectivity index (χ2v) is 9.95. The lowest BCUT2D eigenvalue weighted by Gasteiger charge is -2.36. The smallest absolute Gasteiger partial charge is 0.337 e. The van der Waals surface area contributed by atoms with Gasteiger partial charge in [-0.3, -0.25) is 4.79 Å². The van der Waals surface area contributed by atoms with Crippen LogP contribution in [0, 0.1) is 0 Å². The normalized spacial score (nSPS) is 19.1. The van der Waals surface area contributed by atoms with Gasteiger partial charge in [0, 0.05) is 29.3 Å². The molecule has 0 unspecified atom stereocenters. The van der Waals surface area contributed by atoms with Crippen LogP contribution < -0.4 is 10.1 Å². The zero-order chi connectivity index (χ0) is 26.6. The van der Waals surface area contributed by atoms with Crippen LogP contribution in [0.25, 0.3) is 0 Å². The van der Waals surface area contributed by atoms with Crippen molar-refractivity contribution >= 4 is 11.8 Å². The Balaban J connectivity index is 1.50. The highest BCUT2D eigenvalue weighted by Gasteiger charge is 2.41. The first-order valence-corrected chi connectivity index (χ1v) is 13.2. The highest BCUT2D eigenvalue weighted by molar-refractivity contribution is 6.04. The molecule has 194 valence electrons. The topological polar surface area (TPSA) is 64.6 Å². The molecule has 1 N–H and O–H groups in total. The maximum absolute atomic E-state index is 13.8. The van der Waals surface area contributed by atoms with Gasteiger partial charge < -0.3 is 14.8 Å². The van der Waals surface area contributed by atoms with E-state index in [4.69, 9.17) is 9.47 Å². The third kappa shape index (κ3) is 5.14. The highest BCUT2D eigenvalue weighted by Crippen LogP contribution is 2.46. The minimum absolute atomic E-state index is 0.0576. The molecular formula is C33H33NO4. The molecule has 1 heterocycles. The van der Waals surface area contributed by atoms with Gasteiger partial charge in [0.2, 0.25) is 0 Å². The fourth-order valence-corrected chi connectivity index (χ4v) is 5.50. The Hall–Kier alpha value is -4.12. The number of hydrogen-bond acceptors (Lipinski definition) is 5. The van der Waals surface area contributed by atoms with Crippen molar-refractivity contribution in [3.63, 3.8) is 0 Å². The van der Waals surface area contributed by atoms with Gasteiger partial charge >= 0.3 is 5.97 Å². The van der Waals surface area contributed by atoms with Crippen molar-refractivity contribution in [3.8, 4) is 5.75 Å². The van der Waals surface area contributed by atoms with Gasteiger partial charge in [0.05, 0.1) is 12.7 Å². The molecule has 2 aliphatic rings. The Morgan fingerprint density at radius 3 is 2.24 bits per heavy atom. The number of carbonyl (C=O) groups is 2. The molecule has 0 saturated heterocycles. The number of nitrogens with one attached hydrogen (secondary N) is 1. The summed E-state index contributed by atoms with van der Waals surface area (Å²) in [4.78, 5) is 27.3. The van der Waals surface area contributed by atoms with Crippen LogP contribution in [0.3, 0.4) is 0 Å². The highest BCUT2D eigenvalue weighted by atomic mass is 16.5. The van der Waals surface area contributed by atoms with E-state index in [-0.39, 0.29) is 18.3 Å². The van der Waals surface area contributed by atoms with Crippen molar-refractivity contribution in [1.29, 1.82) is 0 Å². The van der Waals surface area contributed by atoms with Gasteiger partial charge in [0.1, 0.15) is 12.4 Å². The van der Waals surface area contributed by atoms with Crippen molar-refractivity contribution in [2.24, 2.45) is 0 Å². The molecule has 0 spiro atoms. The number of ketones is 1. The summed E-state index contributed by atoms with van der Waals surface area (Å²) >= 11 is 0. The second kappa shape index (κ2) is 11.1. The number of ether oxygens (including phenoxy) is 2. The monoisotopic (exact) mass is 507 g/mol. The van der Waals surface area contributed by atoms with Crippen LogP contribution in [-0.2, 0) is 27.4 Å². The Kier molecular flexibility index (Phi) is 7.45. The molecule has 5 nitrogen and oxygen atoms in total. The van der Waals surface area contributed by atoms with Crippen LogP contribution in [0.1, 0.15) is 60.8 Å². The summed E-state index contributed by atoms with van der Waals surface area (Å²) in [7, 11) is 1.65. The Morgan fingerprint density at radius 2 is 1.58 bits per heavy atom. The standard InChI is InChI=1S/C33H33NO4/c1-4-22-10-12-25(13-11-22)31-30(33(36)38-20-23-8-6-5-7-9-23)21(2)34-28-18-26(19-29(35)32(28)31)24-14-16-27(37-3)17-15-24/h5-17,26,31,34H,4,18-20H2,1-3H3/t26-,31-/m1/s1. The van der Waals surface area contributed by atoms with Gasteiger partial charge in [-0.05, 0) is 60.1 Å². The largest absolute Gasteiger partial charge is 0.497 e. The van der Waals surface area contributed by atoms with Gasteiger partial charge in [0.15, 0.2) is 5.78 Å². The number of hydrogen-bond donors (Lipinski definition) is 1. The molecule has 0 saturated carbocycles. The number of dihydropyridines is 1. The molecule has 3 aromatic rings. The second-order valence-electron chi connectivity index (χ2n) is 9.95. The molecule has 3 aromatic carbocycles. The number of allylic oxidation sites excluding steroid dienone is 3. The number of carbonyl (C=O) groups excluding carboxylic acids is 2. The van der Waals surface area contributed by atoms with E-state index in [0.29, 0.717) is 24.0 Å². The number of methoxy groups -OCH3 is 1. The van der Waals surface area contributed by atoms with E-state index in [1.54, 1.807) is 7.11 Å². The summed E-state index contributed by atoms with van der Waals surface area (Å²) < 4.78 is 11.1. The van der Waals surface area contributed by atoms with E-state index in [2.05, 4.69) is 24.4 Å². The lowest BCUT2D eigenvalue weighted by Crippen LogP contribution is -2.36. The fourth-order valence-electron chi connectivity index (χ4n) is 5.50. The first-order chi connectivity index (χ1) is 18.5. The Labute approximate surface area is 224 Å². The molecule has 1 aliphatic heterocycles. The molecule has 0 aromatic heterocycles. The molecule has 1 aliphatic carbocycles. The number of aryl methyl sites for hydroxylation is 1. The van der Waals surface area contributed by atoms with Crippen molar-refractivity contribution in [3.05, 3.63) is 124 Å². The molecule has 0 bridgehead atoms. The zero-order valence-corrected chi connectivity index (χ0v) is 22.1. The molecule has 38 heavy (non-hydrogen) atoms. The fraction of sp³-hybridized carbons (Fsp3) is 0.273. The van der Waals surface area contributed by atoms with Gasteiger partial charge in [-0.15, -0.1) is 0 Å². The van der Waals surface area contributed by atoms with Crippen LogP contribution in [-0.4, -0.2) is 18.9 Å². The minimum Gasteiger partial charge on any atom is -0.497 e. The summed E-state index contributed by atoms with van der Waals surface area (Å²) in [5, 5.41) is 3.44. The van der Waals surface area contributed by atoms with E-state index < -0.39 is 11.9 Å². The van der Waals surface area contributed by atoms with Crippen molar-refractivity contribution in [2.75, 3.05) is 7.11 Å². The van der Waals surface area contributed by atoms with Crippen molar-refractivity contribution in [2.45, 2.75) is 51.6 Å². The Morgan fingerprint density at radius 1 is 0.895 bits per heavy atom. The summed E-state index contributed by atoms with van der Waals surface area (Å²) in [5.74, 6) is 0.0385. The Bertz CT molecular complexity index is 1390. The maximum atomic E-state index is 13.8. The first kappa shape index (κ1) is 25.5. The third-order valence-corrected chi connectivity index (χ3v) is 7.57. The maximum Gasteiger partial charge on any atom is 0.337 e. The number of rotatable bonds is 7. The average molecular weight is 508 g/mol. The summed E-state index contributed by atoms with van der Waals surface area (Å²) in [6.07, 6.45) is 2.01. The van der Waals surface area contributed by atoms with E-state index in [1.165, 1.54) is 5.56 Å². The van der Waals surface area contributed by atoms with E-state index >= 15 is 0 Å². The van der Waals surface area contributed by atoms with Gasteiger partial charge in [-0.25, -0.2) is 4.79 Å². The zero-order valence-electron chi connectivity index (χ0n) is 22.1. The SMILES string of the molecule is CCc1ccc([C@@H]2C(C(=O)OCc3ccccc3)=C(C)NC3=C2C(=O)C[C@H](c2ccc(OC)cc2)C3)cc1. The van der Waals surface area contributed by atoms with Crippen molar-refractivity contribution < 1.29 is 19.1 Å². The molecular weight excluding hydrogens is 474 g/mol. The van der Waals surface area contributed by atoms with E-state index in [0.717, 1.165) is 40.3 Å². The predicted octanol–water partition coefficient (Wildman–Crippen LogP) is 6.36. The lowest BCUT2D eigenvalue weighted by atomic mass is 9.71. The van der Waals surface area contributed by atoms with Crippen molar-refractivity contribution in [1.82, 2.24) is 5.32 Å². The average Bonchev–Trinajstić information content (AvgIpc) is 2.95. The van der Waals surface area contributed by atoms with E-state index in [1.807, 2.05) is 73.7 Å². The number of esters is 1. The van der Waals surface area contributed by atoms with Gasteiger partial charge in [-0.1, -0.05) is 73.7 Å². The third-order valence-electron chi connectivity index (χ3n) is 7.57. The molecule has 5 rings (SSSR count). The van der Waals surface area contributed by atoms with Crippen LogP contribution in [0.15, 0.2) is 101 Å². The van der Waals surface area contributed by atoms with Crippen LogP contribution in [0.4, 0.5) is 0 Å². The van der Waals surface area contributed by atoms with Crippen LogP contribution >= 0.6 is 0 Å². The first-order valence-electron chi connectivity index (χ1n) is 13.2. The summed E-state index contributed by atoms with van der Waals surface area (Å²) in [5.41, 5.74) is 6.96. The van der Waals surface area contributed by atoms with Crippen LogP contribution in [0.5, 0.6) is 5.75 Å². The summed E-state index contributed by atoms with van der Waals surface area (Å²) in [6.45, 7) is 4.19. The number of benzene rings is 3. The predicted molar refractivity (Wildman–Crippen MR) is 148 cm³/mol. The summed E-state index contributed by atoms with van der Waals surface area (Å²) in [6, 6.07) is 25.8. The molecule has 0 amide bonds. The van der Waals surface area contributed by atoms with Gasteiger partial charge in [-0.2, -0.15) is 0 Å². The minimum atomic E-state index is -0.468. The molecule has 5 heteroatoms. The van der Waals surface area contributed by atoms with E-state index in [9.17, 15) is 9.59 Å². The lowest BCUT2D eigenvalue weighted by molar-refractivity contribution is -0.140. The molecule has 0 fully saturated rings. The quantitative estimate of drug-likeness (QED) is 0.377. The van der Waals surface area contributed by atoms with Crippen LogP contribution in [0.2, 0.25) is 0 Å². The molecule has 0 radical (unpaired) electrons.